The number of nitrogens with one attached hydrogen (secondary N) is 2. The van der Waals surface area contributed by atoms with Crippen molar-refractivity contribution >= 4 is 11.7 Å². The third-order valence-electron chi connectivity index (χ3n) is 4.08. The van der Waals surface area contributed by atoms with Gasteiger partial charge in [0.1, 0.15) is 0 Å². The number of hydrogen-bond acceptors (Lipinski definition) is 4. The van der Waals surface area contributed by atoms with Crippen molar-refractivity contribution in [3.8, 4) is 0 Å². The van der Waals surface area contributed by atoms with Gasteiger partial charge in [-0.3, -0.25) is 0 Å². The molecule has 0 saturated carbocycles. The van der Waals surface area contributed by atoms with Gasteiger partial charge in [0.2, 0.25) is 0 Å². The first kappa shape index (κ1) is 16.2. The van der Waals surface area contributed by atoms with Crippen LogP contribution in [0.2, 0.25) is 0 Å². The fourth-order valence-corrected chi connectivity index (χ4v) is 2.13. The zero-order valence-corrected chi connectivity index (χ0v) is 13.2. The van der Waals surface area contributed by atoms with Gasteiger partial charge in [-0.2, -0.15) is 5.10 Å². The Bertz CT molecular complexity index is 638. The predicted molar refractivity (Wildman–Crippen MR) is 83.3 cm³/mol. The van der Waals surface area contributed by atoms with Crippen molar-refractivity contribution < 1.29 is 9.90 Å². The van der Waals surface area contributed by atoms with Gasteiger partial charge in [-0.15, -0.1) is 0 Å². The Kier molecular flexibility index (Phi) is 4.97. The lowest BCUT2D eigenvalue weighted by Gasteiger charge is -2.29. The molecular formula is C15H23N5O2. The normalized spacial score (nSPS) is 15.3. The van der Waals surface area contributed by atoms with Gasteiger partial charge in [0.25, 0.3) is 0 Å². The van der Waals surface area contributed by atoms with Crippen molar-refractivity contribution in [3.05, 3.63) is 30.2 Å². The average Bonchev–Trinajstić information content (AvgIpc) is 2.99. The Morgan fingerprint density at radius 3 is 2.91 bits per heavy atom. The Morgan fingerprint density at radius 2 is 2.18 bits per heavy atom. The molecule has 0 aromatic carbocycles. The van der Waals surface area contributed by atoms with Crippen molar-refractivity contribution in [2.45, 2.75) is 39.3 Å². The number of rotatable bonds is 6. The van der Waals surface area contributed by atoms with Crippen LogP contribution in [0.25, 0.3) is 5.65 Å². The zero-order chi connectivity index (χ0) is 16.2. The Morgan fingerprint density at radius 1 is 1.41 bits per heavy atom. The Hall–Kier alpha value is -2.15. The van der Waals surface area contributed by atoms with Gasteiger partial charge < -0.3 is 15.7 Å². The molecule has 2 amide bonds. The molecule has 7 nitrogen and oxygen atoms in total. The monoisotopic (exact) mass is 305 g/mol. The summed E-state index contributed by atoms with van der Waals surface area (Å²) in [6.45, 7) is 6.25. The molecule has 7 heteroatoms. The number of carbonyl (C=O) groups is 1. The van der Waals surface area contributed by atoms with Crippen molar-refractivity contribution in [1.29, 1.82) is 0 Å². The molecule has 0 bridgehead atoms. The molecule has 22 heavy (non-hydrogen) atoms. The minimum atomic E-state index is -0.919. The molecule has 2 unspecified atom stereocenters. The highest BCUT2D eigenvalue weighted by molar-refractivity contribution is 5.73. The van der Waals surface area contributed by atoms with Crippen molar-refractivity contribution in [1.82, 2.24) is 25.2 Å². The summed E-state index contributed by atoms with van der Waals surface area (Å²) < 4.78 is 1.68. The average molecular weight is 305 g/mol. The minimum absolute atomic E-state index is 0.108. The maximum atomic E-state index is 11.9. The standard InChI is InChI=1S/C15H23N5O2/c1-4-11(2)15(3,22)10-18-14(21)17-9-12-5-7-16-13-6-8-19-20(12)13/h5-8,11,22H,4,9-10H2,1-3H3,(H2,17,18,21). The highest BCUT2D eigenvalue weighted by Gasteiger charge is 2.27. The number of nitrogens with zero attached hydrogens (tertiary/aromatic N) is 3. The smallest absolute Gasteiger partial charge is 0.315 e. The van der Waals surface area contributed by atoms with Gasteiger partial charge in [0.05, 0.1) is 24.0 Å². The molecule has 0 aliphatic rings. The Labute approximate surface area is 129 Å². The Balaban J connectivity index is 1.87. The summed E-state index contributed by atoms with van der Waals surface area (Å²) in [5.74, 6) is 0.108. The first-order valence-corrected chi connectivity index (χ1v) is 7.45. The molecule has 2 rings (SSSR count). The predicted octanol–water partition coefficient (Wildman–Crippen LogP) is 1.33. The number of hydrogen-bond donors (Lipinski definition) is 3. The summed E-state index contributed by atoms with van der Waals surface area (Å²) in [5, 5.41) is 19.9. The number of aliphatic hydroxyl groups is 1. The number of fused-ring (bicyclic) bond motifs is 1. The van der Waals surface area contributed by atoms with Crippen molar-refractivity contribution in [3.63, 3.8) is 0 Å². The molecule has 2 atom stereocenters. The molecule has 0 spiro atoms. The molecule has 0 aliphatic carbocycles. The molecule has 0 radical (unpaired) electrons. The van der Waals surface area contributed by atoms with E-state index in [1.165, 1.54) is 0 Å². The van der Waals surface area contributed by atoms with Crippen LogP contribution in [0, 0.1) is 5.92 Å². The fraction of sp³-hybridized carbons (Fsp3) is 0.533. The third kappa shape index (κ3) is 3.73. The molecule has 2 aromatic heterocycles. The third-order valence-corrected chi connectivity index (χ3v) is 4.08. The second kappa shape index (κ2) is 6.74. The van der Waals surface area contributed by atoms with E-state index < -0.39 is 5.60 Å². The van der Waals surface area contributed by atoms with Gasteiger partial charge in [0.15, 0.2) is 5.65 Å². The van der Waals surface area contributed by atoms with Gasteiger partial charge in [-0.1, -0.05) is 20.3 Å². The number of amides is 2. The van der Waals surface area contributed by atoms with Crippen LogP contribution >= 0.6 is 0 Å². The highest BCUT2D eigenvalue weighted by atomic mass is 16.3. The quantitative estimate of drug-likeness (QED) is 0.750. The maximum Gasteiger partial charge on any atom is 0.315 e. The topological polar surface area (TPSA) is 91.5 Å². The molecule has 0 saturated heterocycles. The van der Waals surface area contributed by atoms with E-state index >= 15 is 0 Å². The maximum absolute atomic E-state index is 11.9. The van der Waals surface area contributed by atoms with Crippen LogP contribution < -0.4 is 10.6 Å². The zero-order valence-electron chi connectivity index (χ0n) is 13.2. The van der Waals surface area contributed by atoms with Crippen LogP contribution in [0.3, 0.4) is 0 Å². The van der Waals surface area contributed by atoms with E-state index in [2.05, 4.69) is 20.7 Å². The molecule has 2 aromatic rings. The van der Waals surface area contributed by atoms with E-state index in [1.807, 2.05) is 13.8 Å². The van der Waals surface area contributed by atoms with E-state index in [0.29, 0.717) is 6.54 Å². The number of aromatic nitrogens is 3. The van der Waals surface area contributed by atoms with Crippen LogP contribution in [0.4, 0.5) is 4.79 Å². The summed E-state index contributed by atoms with van der Waals surface area (Å²) in [6, 6.07) is 3.28. The van der Waals surface area contributed by atoms with Gasteiger partial charge in [-0.25, -0.2) is 14.3 Å². The lowest BCUT2D eigenvalue weighted by atomic mass is 9.89. The van der Waals surface area contributed by atoms with Crippen molar-refractivity contribution in [2.75, 3.05) is 6.54 Å². The lowest BCUT2D eigenvalue weighted by Crippen LogP contribution is -2.47. The molecule has 0 aliphatic heterocycles. The second-order valence-electron chi connectivity index (χ2n) is 5.74. The summed E-state index contributed by atoms with van der Waals surface area (Å²) in [5.41, 5.74) is 0.649. The van der Waals surface area contributed by atoms with Crippen molar-refractivity contribution in [2.24, 2.45) is 5.92 Å². The summed E-state index contributed by atoms with van der Waals surface area (Å²) in [6.07, 6.45) is 4.19. The number of carbonyl (C=O) groups excluding carboxylic acids is 1. The van der Waals surface area contributed by atoms with Crippen LogP contribution in [0.1, 0.15) is 32.9 Å². The van der Waals surface area contributed by atoms with Crippen LogP contribution in [-0.2, 0) is 6.54 Å². The highest BCUT2D eigenvalue weighted by Crippen LogP contribution is 2.18. The fourth-order valence-electron chi connectivity index (χ4n) is 2.13. The van der Waals surface area contributed by atoms with E-state index in [1.54, 1.807) is 36.0 Å². The van der Waals surface area contributed by atoms with Crippen LogP contribution in [0.5, 0.6) is 0 Å². The van der Waals surface area contributed by atoms with E-state index in [-0.39, 0.29) is 18.5 Å². The largest absolute Gasteiger partial charge is 0.388 e. The first-order valence-electron chi connectivity index (χ1n) is 7.45. The number of urea groups is 1. The summed E-state index contributed by atoms with van der Waals surface area (Å²) in [4.78, 5) is 16.0. The second-order valence-corrected chi connectivity index (χ2v) is 5.74. The van der Waals surface area contributed by atoms with Gasteiger partial charge >= 0.3 is 6.03 Å². The molecule has 3 N–H and O–H groups in total. The minimum Gasteiger partial charge on any atom is -0.388 e. The molecule has 0 fully saturated rings. The summed E-state index contributed by atoms with van der Waals surface area (Å²) >= 11 is 0. The molecule has 120 valence electrons. The summed E-state index contributed by atoms with van der Waals surface area (Å²) in [7, 11) is 0. The van der Waals surface area contributed by atoms with E-state index in [4.69, 9.17) is 0 Å². The molecular weight excluding hydrogens is 282 g/mol. The molecule has 2 heterocycles. The van der Waals surface area contributed by atoms with Crippen LogP contribution in [-0.4, -0.2) is 37.9 Å². The van der Waals surface area contributed by atoms with E-state index in [0.717, 1.165) is 17.8 Å². The lowest BCUT2D eigenvalue weighted by molar-refractivity contribution is 0.00790. The first-order chi connectivity index (χ1) is 10.4. The van der Waals surface area contributed by atoms with Gasteiger partial charge in [0, 0.05) is 18.8 Å². The SMILES string of the molecule is CCC(C)C(C)(O)CNC(=O)NCc1ccnc2ccnn12. The van der Waals surface area contributed by atoms with Gasteiger partial charge in [-0.05, 0) is 18.9 Å². The van der Waals surface area contributed by atoms with E-state index in [9.17, 15) is 9.90 Å². The van der Waals surface area contributed by atoms with Crippen LogP contribution in [0.15, 0.2) is 24.5 Å².